The maximum Gasteiger partial charge on any atom is 0.335 e. The summed E-state index contributed by atoms with van der Waals surface area (Å²) in [5, 5.41) is 0. The Morgan fingerprint density at radius 3 is 2.21 bits per heavy atom. The first-order valence-corrected chi connectivity index (χ1v) is 5.29. The lowest BCUT2D eigenvalue weighted by atomic mass is 9.92. The molecule has 14 heavy (non-hydrogen) atoms. The molecule has 0 heterocycles. The highest BCUT2D eigenvalue weighted by Gasteiger charge is 2.35. The van der Waals surface area contributed by atoms with Crippen LogP contribution in [0.5, 0.6) is 0 Å². The standard InChI is InChI=1S/C11H20O3/c1-7(2)8(3)10(11(12)13-4)14-9-5-6-9/h7-10H,5-6H2,1-4H3. The van der Waals surface area contributed by atoms with Gasteiger partial charge in [-0.25, -0.2) is 4.79 Å². The third kappa shape index (κ3) is 2.98. The first-order valence-electron chi connectivity index (χ1n) is 5.29. The first-order chi connectivity index (χ1) is 6.56. The Hall–Kier alpha value is -0.570. The van der Waals surface area contributed by atoms with E-state index in [0.717, 1.165) is 12.8 Å². The maximum atomic E-state index is 11.5. The molecule has 0 spiro atoms. The van der Waals surface area contributed by atoms with Crippen LogP contribution < -0.4 is 0 Å². The lowest BCUT2D eigenvalue weighted by Gasteiger charge is -2.24. The van der Waals surface area contributed by atoms with E-state index < -0.39 is 0 Å². The van der Waals surface area contributed by atoms with Crippen molar-refractivity contribution in [3.8, 4) is 0 Å². The molecule has 0 radical (unpaired) electrons. The van der Waals surface area contributed by atoms with Crippen molar-refractivity contribution < 1.29 is 14.3 Å². The van der Waals surface area contributed by atoms with Gasteiger partial charge in [0.25, 0.3) is 0 Å². The molecule has 0 bridgehead atoms. The largest absolute Gasteiger partial charge is 0.467 e. The van der Waals surface area contributed by atoms with E-state index in [1.807, 2.05) is 6.92 Å². The van der Waals surface area contributed by atoms with Gasteiger partial charge < -0.3 is 9.47 Å². The summed E-state index contributed by atoms with van der Waals surface area (Å²) in [6, 6.07) is 0. The van der Waals surface area contributed by atoms with Crippen LogP contribution in [0.1, 0.15) is 33.6 Å². The van der Waals surface area contributed by atoms with E-state index in [0.29, 0.717) is 12.0 Å². The van der Waals surface area contributed by atoms with Gasteiger partial charge in [0, 0.05) is 0 Å². The predicted molar refractivity (Wildman–Crippen MR) is 53.9 cm³/mol. The molecule has 2 unspecified atom stereocenters. The summed E-state index contributed by atoms with van der Waals surface area (Å²) >= 11 is 0. The van der Waals surface area contributed by atoms with Crippen molar-refractivity contribution in [3.63, 3.8) is 0 Å². The van der Waals surface area contributed by atoms with Gasteiger partial charge in [0.05, 0.1) is 13.2 Å². The maximum absolute atomic E-state index is 11.5. The van der Waals surface area contributed by atoms with Crippen molar-refractivity contribution in [2.24, 2.45) is 11.8 Å². The van der Waals surface area contributed by atoms with Crippen molar-refractivity contribution in [2.75, 3.05) is 7.11 Å². The van der Waals surface area contributed by atoms with Crippen molar-refractivity contribution >= 4 is 5.97 Å². The summed E-state index contributed by atoms with van der Waals surface area (Å²) in [6.07, 6.45) is 2.07. The number of carbonyl (C=O) groups excluding carboxylic acids is 1. The quantitative estimate of drug-likeness (QED) is 0.637. The van der Waals surface area contributed by atoms with E-state index >= 15 is 0 Å². The molecule has 0 aliphatic heterocycles. The van der Waals surface area contributed by atoms with Crippen LogP contribution in [0.2, 0.25) is 0 Å². The van der Waals surface area contributed by atoms with Crippen LogP contribution in [0.3, 0.4) is 0 Å². The summed E-state index contributed by atoms with van der Waals surface area (Å²) in [7, 11) is 1.42. The van der Waals surface area contributed by atoms with Crippen LogP contribution in [-0.2, 0) is 14.3 Å². The molecule has 82 valence electrons. The number of carbonyl (C=O) groups is 1. The molecule has 3 nitrogen and oxygen atoms in total. The number of esters is 1. The Labute approximate surface area is 85.8 Å². The van der Waals surface area contributed by atoms with Gasteiger partial charge in [-0.2, -0.15) is 0 Å². The second-order valence-corrected chi connectivity index (χ2v) is 4.38. The zero-order chi connectivity index (χ0) is 10.7. The zero-order valence-corrected chi connectivity index (χ0v) is 9.45. The lowest BCUT2D eigenvalue weighted by Crippen LogP contribution is -2.35. The van der Waals surface area contributed by atoms with Gasteiger partial charge in [0.2, 0.25) is 0 Å². The second-order valence-electron chi connectivity index (χ2n) is 4.38. The molecule has 1 rings (SSSR count). The Morgan fingerprint density at radius 2 is 1.86 bits per heavy atom. The third-order valence-corrected chi connectivity index (χ3v) is 2.83. The van der Waals surface area contributed by atoms with E-state index in [9.17, 15) is 4.79 Å². The summed E-state index contributed by atoms with van der Waals surface area (Å²) < 4.78 is 10.4. The van der Waals surface area contributed by atoms with Gasteiger partial charge >= 0.3 is 5.97 Å². The molecule has 1 fully saturated rings. The highest BCUT2D eigenvalue weighted by Crippen LogP contribution is 2.29. The second kappa shape index (κ2) is 4.78. The van der Waals surface area contributed by atoms with E-state index in [1.165, 1.54) is 7.11 Å². The molecule has 0 aromatic carbocycles. The molecule has 2 atom stereocenters. The molecule has 1 aliphatic rings. The fraction of sp³-hybridized carbons (Fsp3) is 0.909. The van der Waals surface area contributed by atoms with Crippen LogP contribution in [-0.4, -0.2) is 25.3 Å². The van der Waals surface area contributed by atoms with Crippen LogP contribution in [0.25, 0.3) is 0 Å². The van der Waals surface area contributed by atoms with Crippen LogP contribution >= 0.6 is 0 Å². The van der Waals surface area contributed by atoms with Gasteiger partial charge in [-0.1, -0.05) is 20.8 Å². The number of rotatable bonds is 5. The topological polar surface area (TPSA) is 35.5 Å². The SMILES string of the molecule is COC(=O)C(OC1CC1)C(C)C(C)C. The molecular weight excluding hydrogens is 180 g/mol. The number of hydrogen-bond acceptors (Lipinski definition) is 3. The zero-order valence-electron chi connectivity index (χ0n) is 9.45. The van der Waals surface area contributed by atoms with E-state index in [4.69, 9.17) is 9.47 Å². The minimum absolute atomic E-state index is 0.211. The number of hydrogen-bond donors (Lipinski definition) is 0. The van der Waals surface area contributed by atoms with E-state index in [2.05, 4.69) is 13.8 Å². The Balaban J connectivity index is 2.54. The van der Waals surface area contributed by atoms with E-state index in [1.54, 1.807) is 0 Å². The number of ether oxygens (including phenoxy) is 2. The normalized spacial score (nSPS) is 20.6. The fourth-order valence-corrected chi connectivity index (χ4v) is 1.27. The first kappa shape index (κ1) is 11.5. The van der Waals surface area contributed by atoms with E-state index in [-0.39, 0.29) is 18.0 Å². The lowest BCUT2D eigenvalue weighted by molar-refractivity contribution is -0.160. The minimum Gasteiger partial charge on any atom is -0.467 e. The van der Waals surface area contributed by atoms with Gasteiger partial charge in [-0.05, 0) is 24.7 Å². The molecule has 1 saturated carbocycles. The van der Waals surface area contributed by atoms with Gasteiger partial charge in [-0.15, -0.1) is 0 Å². The van der Waals surface area contributed by atoms with Crippen molar-refractivity contribution in [2.45, 2.75) is 45.8 Å². The Bertz CT molecular complexity index is 197. The van der Waals surface area contributed by atoms with Gasteiger partial charge in [0.1, 0.15) is 0 Å². The molecule has 0 aromatic heterocycles. The average Bonchev–Trinajstić information content (AvgIpc) is 2.95. The molecule has 0 amide bonds. The highest BCUT2D eigenvalue weighted by atomic mass is 16.6. The molecule has 0 N–H and O–H groups in total. The molecule has 0 aromatic rings. The average molecular weight is 200 g/mol. The minimum atomic E-state index is -0.382. The molecule has 3 heteroatoms. The summed E-state index contributed by atoms with van der Waals surface area (Å²) in [5.74, 6) is 0.402. The smallest absolute Gasteiger partial charge is 0.335 e. The van der Waals surface area contributed by atoms with Gasteiger partial charge in [0.15, 0.2) is 6.10 Å². The third-order valence-electron chi connectivity index (χ3n) is 2.83. The van der Waals surface area contributed by atoms with Crippen molar-refractivity contribution in [1.82, 2.24) is 0 Å². The molecular formula is C11H20O3. The van der Waals surface area contributed by atoms with Crippen LogP contribution in [0.4, 0.5) is 0 Å². The van der Waals surface area contributed by atoms with Crippen LogP contribution in [0, 0.1) is 11.8 Å². The molecule has 0 saturated heterocycles. The fourth-order valence-electron chi connectivity index (χ4n) is 1.27. The van der Waals surface area contributed by atoms with Crippen molar-refractivity contribution in [3.05, 3.63) is 0 Å². The predicted octanol–water partition coefficient (Wildman–Crippen LogP) is 2.00. The van der Waals surface area contributed by atoms with Crippen LogP contribution in [0.15, 0.2) is 0 Å². The van der Waals surface area contributed by atoms with Gasteiger partial charge in [-0.3, -0.25) is 0 Å². The number of methoxy groups -OCH3 is 1. The highest BCUT2D eigenvalue weighted by molar-refractivity contribution is 5.75. The van der Waals surface area contributed by atoms with Crippen molar-refractivity contribution in [1.29, 1.82) is 0 Å². The summed E-state index contributed by atoms with van der Waals surface area (Å²) in [4.78, 5) is 11.5. The Morgan fingerprint density at radius 1 is 1.29 bits per heavy atom. The summed E-state index contributed by atoms with van der Waals surface area (Å²) in [6.45, 7) is 6.22. The Kier molecular flexibility index (Phi) is 3.93. The molecule has 1 aliphatic carbocycles. The summed E-state index contributed by atoms with van der Waals surface area (Å²) in [5.41, 5.74) is 0. The monoisotopic (exact) mass is 200 g/mol.